The smallest absolute Gasteiger partial charge is 0.276 e. The number of aliphatic hydroxyl groups excluding tert-OH is 1. The zero-order chi connectivity index (χ0) is 28.0. The zero-order valence-corrected chi connectivity index (χ0v) is 23.0. The van der Waals surface area contributed by atoms with Crippen LogP contribution in [0.15, 0.2) is 66.7 Å². The summed E-state index contributed by atoms with van der Waals surface area (Å²) in [6, 6.07) is 19.8. The third-order valence-corrected chi connectivity index (χ3v) is 8.79. The van der Waals surface area contributed by atoms with E-state index in [9.17, 15) is 19.1 Å². The number of aryl methyl sites for hydroxylation is 1. The Hall–Kier alpha value is -4.08. The highest BCUT2D eigenvalue weighted by Crippen LogP contribution is 2.42. The lowest BCUT2D eigenvalue weighted by Gasteiger charge is -2.25. The second-order valence-electron chi connectivity index (χ2n) is 10.3. The molecule has 0 unspecified atom stereocenters. The molecule has 6 rings (SSSR count). The van der Waals surface area contributed by atoms with E-state index < -0.39 is 11.9 Å². The van der Waals surface area contributed by atoms with Crippen LogP contribution in [0.2, 0.25) is 0 Å². The first-order chi connectivity index (χ1) is 19.3. The first-order valence-corrected chi connectivity index (χ1v) is 14.1. The summed E-state index contributed by atoms with van der Waals surface area (Å²) in [6.07, 6.45) is 0.810. The minimum absolute atomic E-state index is 0.136. The van der Waals surface area contributed by atoms with Crippen molar-refractivity contribution in [2.24, 2.45) is 0 Å². The molecular weight excluding hydrogens is 527 g/mol. The predicted octanol–water partition coefficient (Wildman–Crippen LogP) is 5.67. The molecule has 2 aromatic carbocycles. The Morgan fingerprint density at radius 3 is 2.67 bits per heavy atom. The number of halogens is 1. The number of anilines is 3. The van der Waals surface area contributed by atoms with Crippen LogP contribution in [0.5, 0.6) is 0 Å². The highest BCUT2D eigenvalue weighted by molar-refractivity contribution is 7.17. The van der Waals surface area contributed by atoms with E-state index in [1.165, 1.54) is 17.4 Å². The minimum Gasteiger partial charge on any atom is -0.391 e. The molecule has 0 saturated carbocycles. The molecule has 2 aliphatic rings. The van der Waals surface area contributed by atoms with Gasteiger partial charge in [-0.05, 0) is 68.1 Å². The Balaban J connectivity index is 1.30. The Morgan fingerprint density at radius 1 is 1.10 bits per heavy atom. The largest absolute Gasteiger partial charge is 0.391 e. The third kappa shape index (κ3) is 4.76. The molecule has 2 atom stereocenters. The second-order valence-corrected chi connectivity index (χ2v) is 11.4. The van der Waals surface area contributed by atoms with Gasteiger partial charge in [0, 0.05) is 29.6 Å². The second kappa shape index (κ2) is 10.5. The van der Waals surface area contributed by atoms with Gasteiger partial charge in [-0.3, -0.25) is 9.59 Å². The summed E-state index contributed by atoms with van der Waals surface area (Å²) < 4.78 is 14.3. The van der Waals surface area contributed by atoms with Gasteiger partial charge in [0.15, 0.2) is 0 Å². The molecule has 1 fully saturated rings. The fraction of sp³-hybridized carbons (Fsp3) is 0.258. The Kier molecular flexibility index (Phi) is 6.85. The maximum absolute atomic E-state index is 14.3. The molecule has 9 heteroatoms. The van der Waals surface area contributed by atoms with E-state index in [1.54, 1.807) is 30.0 Å². The van der Waals surface area contributed by atoms with E-state index >= 15 is 0 Å². The number of aromatic nitrogens is 1. The minimum atomic E-state index is -0.473. The number of benzene rings is 2. The summed E-state index contributed by atoms with van der Waals surface area (Å²) in [6.45, 7) is 4.70. The molecule has 7 nitrogen and oxygen atoms in total. The van der Waals surface area contributed by atoms with Crippen molar-refractivity contribution in [2.45, 2.75) is 38.8 Å². The van der Waals surface area contributed by atoms with Gasteiger partial charge in [0.25, 0.3) is 11.8 Å². The number of nitrogens with zero attached hydrogens (tertiary/aromatic N) is 3. The van der Waals surface area contributed by atoms with Crippen molar-refractivity contribution in [1.29, 1.82) is 0 Å². The van der Waals surface area contributed by atoms with Crippen molar-refractivity contribution >= 4 is 40.3 Å². The van der Waals surface area contributed by atoms with Gasteiger partial charge in [0.2, 0.25) is 0 Å². The van der Waals surface area contributed by atoms with E-state index in [2.05, 4.69) is 10.3 Å². The molecule has 0 bridgehead atoms. The highest BCUT2D eigenvalue weighted by atomic mass is 32.1. The highest BCUT2D eigenvalue weighted by Gasteiger charge is 2.31. The fourth-order valence-electron chi connectivity index (χ4n) is 5.55. The van der Waals surface area contributed by atoms with Crippen molar-refractivity contribution < 1.29 is 19.1 Å². The monoisotopic (exact) mass is 556 g/mol. The van der Waals surface area contributed by atoms with Crippen LogP contribution in [0.3, 0.4) is 0 Å². The van der Waals surface area contributed by atoms with E-state index in [4.69, 9.17) is 0 Å². The van der Waals surface area contributed by atoms with Crippen molar-refractivity contribution in [3.05, 3.63) is 94.2 Å². The average molecular weight is 557 g/mol. The van der Waals surface area contributed by atoms with Crippen molar-refractivity contribution in [2.75, 3.05) is 28.2 Å². The summed E-state index contributed by atoms with van der Waals surface area (Å²) in [5, 5.41) is 12.8. The average Bonchev–Trinajstić information content (AvgIpc) is 3.49. The fourth-order valence-corrected chi connectivity index (χ4v) is 6.69. The number of pyridine rings is 1. The number of β-amino-alcohol motifs (C(OH)–C–C–N with tert-alkyl or cyclic N) is 1. The number of para-hydroxylation sites is 2. The molecule has 0 aliphatic carbocycles. The quantitative estimate of drug-likeness (QED) is 0.338. The maximum atomic E-state index is 14.3. The number of aliphatic hydroxyl groups is 1. The van der Waals surface area contributed by atoms with Gasteiger partial charge < -0.3 is 20.2 Å². The zero-order valence-electron chi connectivity index (χ0n) is 22.2. The molecule has 40 heavy (non-hydrogen) atoms. The summed E-state index contributed by atoms with van der Waals surface area (Å²) in [4.78, 5) is 36.8. The van der Waals surface area contributed by atoms with Crippen molar-refractivity contribution in [3.8, 4) is 10.4 Å². The van der Waals surface area contributed by atoms with Crippen molar-refractivity contribution in [3.63, 3.8) is 0 Å². The molecule has 2 amide bonds. The van der Waals surface area contributed by atoms with E-state index in [-0.39, 0.29) is 23.5 Å². The van der Waals surface area contributed by atoms with E-state index in [0.717, 1.165) is 21.7 Å². The normalized spacial score (nSPS) is 18.2. The molecule has 0 spiro atoms. The first kappa shape index (κ1) is 26.2. The molecule has 4 aromatic rings. The third-order valence-electron chi connectivity index (χ3n) is 7.58. The van der Waals surface area contributed by atoms with Crippen LogP contribution < -0.4 is 15.1 Å². The molecule has 204 valence electrons. The summed E-state index contributed by atoms with van der Waals surface area (Å²) >= 11 is 1.34. The van der Waals surface area contributed by atoms with Gasteiger partial charge in [-0.25, -0.2) is 9.37 Å². The number of nitrogens with one attached hydrogen (secondary N) is 1. The number of thiophene rings is 1. The van der Waals surface area contributed by atoms with Gasteiger partial charge in [-0.1, -0.05) is 36.4 Å². The van der Waals surface area contributed by atoms with E-state index in [0.29, 0.717) is 47.9 Å². The lowest BCUT2D eigenvalue weighted by atomic mass is 10.1. The Labute approximate surface area is 235 Å². The van der Waals surface area contributed by atoms with Gasteiger partial charge in [-0.2, -0.15) is 0 Å². The number of hydrogen-bond donors (Lipinski definition) is 2. The topological polar surface area (TPSA) is 85.8 Å². The van der Waals surface area contributed by atoms with Crippen LogP contribution in [0.25, 0.3) is 10.4 Å². The molecule has 1 saturated heterocycles. The van der Waals surface area contributed by atoms with Crippen LogP contribution in [0, 0.1) is 12.7 Å². The molecule has 2 aromatic heterocycles. The van der Waals surface area contributed by atoms with Gasteiger partial charge in [0.1, 0.15) is 17.3 Å². The van der Waals surface area contributed by atoms with Crippen LogP contribution in [-0.2, 0) is 6.42 Å². The molecule has 2 aliphatic heterocycles. The SMILES string of the molecule is Cc1cccc(F)c1NC(=O)c1cc2c(s1)-c1ccccc1N(C(=O)c1cccc(N3C[C@H](O)C[C@@H]3C)n1)CC2. The molecule has 4 heterocycles. The van der Waals surface area contributed by atoms with Crippen LogP contribution in [0.1, 0.15) is 44.6 Å². The summed E-state index contributed by atoms with van der Waals surface area (Å²) in [5.74, 6) is -0.360. The first-order valence-electron chi connectivity index (χ1n) is 13.3. The number of carbonyl (C=O) groups excluding carboxylic acids is 2. The lowest BCUT2D eigenvalue weighted by molar-refractivity contribution is 0.0981. The molecular formula is C31H29FN4O3S. The Morgan fingerprint density at radius 2 is 1.90 bits per heavy atom. The number of fused-ring (bicyclic) bond motifs is 3. The number of amides is 2. The summed E-state index contributed by atoms with van der Waals surface area (Å²) in [5.41, 5.74) is 3.75. The Bertz CT molecular complexity index is 1600. The van der Waals surface area contributed by atoms with Crippen LogP contribution in [-0.4, -0.2) is 47.1 Å². The summed E-state index contributed by atoms with van der Waals surface area (Å²) in [7, 11) is 0. The lowest BCUT2D eigenvalue weighted by Crippen LogP contribution is -2.34. The van der Waals surface area contributed by atoms with E-state index in [1.807, 2.05) is 54.3 Å². The number of hydrogen-bond acceptors (Lipinski definition) is 6. The van der Waals surface area contributed by atoms with Crippen LogP contribution >= 0.6 is 11.3 Å². The van der Waals surface area contributed by atoms with Gasteiger partial charge in [-0.15, -0.1) is 11.3 Å². The molecule has 0 radical (unpaired) electrons. The van der Waals surface area contributed by atoms with Gasteiger partial charge >= 0.3 is 0 Å². The number of carbonyl (C=O) groups is 2. The standard InChI is InChI=1S/C31H29FN4O3S/c1-18-7-5-9-23(32)28(18)34-30(38)26-16-20-13-14-35(25-11-4-3-8-22(25)29(20)40-26)31(39)24-10-6-12-27(33-24)36-17-21(37)15-19(36)2/h3-12,16,19,21,37H,13-15,17H2,1-2H3,(H,34,38)/t19-,21+/m0/s1. The molecule has 2 N–H and O–H groups in total. The van der Waals surface area contributed by atoms with Crippen molar-refractivity contribution in [1.82, 2.24) is 4.98 Å². The predicted molar refractivity (Wildman–Crippen MR) is 156 cm³/mol. The number of rotatable bonds is 4. The van der Waals surface area contributed by atoms with Gasteiger partial charge in [0.05, 0.1) is 22.4 Å². The maximum Gasteiger partial charge on any atom is 0.276 e. The van der Waals surface area contributed by atoms with Crippen LogP contribution in [0.4, 0.5) is 21.6 Å².